The predicted molar refractivity (Wildman–Crippen MR) is 103 cm³/mol. The molecule has 1 fully saturated rings. The molecule has 2 aromatic rings. The molecule has 0 spiro atoms. The summed E-state index contributed by atoms with van der Waals surface area (Å²) in [5, 5.41) is 2.35. The van der Waals surface area contributed by atoms with E-state index in [0.717, 1.165) is 50.3 Å². The fourth-order valence-corrected chi connectivity index (χ4v) is 5.05. The van der Waals surface area contributed by atoms with E-state index in [1.54, 1.807) is 12.1 Å². The molecule has 1 aliphatic carbocycles. The third kappa shape index (κ3) is 4.07. The number of benzene rings is 2. The third-order valence-corrected chi connectivity index (χ3v) is 7.04. The molecule has 5 nitrogen and oxygen atoms in total. The molecular weight excluding hydrogens is 386 g/mol. The first-order valence-electron chi connectivity index (χ1n) is 9.15. The van der Waals surface area contributed by atoms with Crippen molar-refractivity contribution in [3.63, 3.8) is 0 Å². The second kappa shape index (κ2) is 8.36. The molecule has 2 aromatic carbocycles. The van der Waals surface area contributed by atoms with Gasteiger partial charge in [-0.05, 0) is 37.1 Å². The molecule has 0 saturated heterocycles. The lowest BCUT2D eigenvalue weighted by molar-refractivity contribution is 0.101. The van der Waals surface area contributed by atoms with E-state index >= 15 is 0 Å². The molecule has 0 unspecified atom stereocenters. The molecule has 0 bridgehead atoms. The van der Waals surface area contributed by atoms with Gasteiger partial charge in [-0.15, -0.1) is 0 Å². The van der Waals surface area contributed by atoms with Crippen LogP contribution in [0, 0.1) is 11.6 Å². The summed E-state index contributed by atoms with van der Waals surface area (Å²) in [7, 11) is -2.36. The zero-order valence-electron chi connectivity index (χ0n) is 15.5. The summed E-state index contributed by atoms with van der Waals surface area (Å²) in [5.41, 5.74) is -0.770. The summed E-state index contributed by atoms with van der Waals surface area (Å²) < 4.78 is 55.4. The van der Waals surface area contributed by atoms with Gasteiger partial charge in [-0.2, -0.15) is 4.31 Å². The third-order valence-electron chi connectivity index (χ3n) is 5.07. The Labute approximate surface area is 163 Å². The molecular formula is C20H22F2N2O3S. The summed E-state index contributed by atoms with van der Waals surface area (Å²) in [6, 6.07) is 8.86. The molecule has 8 heteroatoms. The van der Waals surface area contributed by atoms with Crippen molar-refractivity contribution in [2.75, 3.05) is 12.4 Å². The highest BCUT2D eigenvalue weighted by molar-refractivity contribution is 7.89. The minimum absolute atomic E-state index is 0.0159. The number of anilines is 1. The first-order valence-corrected chi connectivity index (χ1v) is 10.6. The molecule has 28 heavy (non-hydrogen) atoms. The molecule has 150 valence electrons. The van der Waals surface area contributed by atoms with E-state index in [2.05, 4.69) is 5.32 Å². The van der Waals surface area contributed by atoms with Gasteiger partial charge in [0, 0.05) is 13.1 Å². The quantitative estimate of drug-likeness (QED) is 0.808. The first-order chi connectivity index (χ1) is 13.3. The van der Waals surface area contributed by atoms with Crippen LogP contribution in [0.2, 0.25) is 0 Å². The highest BCUT2D eigenvalue weighted by Crippen LogP contribution is 2.30. The number of hydrogen-bond acceptors (Lipinski definition) is 3. The van der Waals surface area contributed by atoms with Gasteiger partial charge < -0.3 is 5.32 Å². The van der Waals surface area contributed by atoms with Crippen LogP contribution in [-0.4, -0.2) is 31.7 Å². The summed E-state index contributed by atoms with van der Waals surface area (Å²) in [6.07, 6.45) is 4.59. The second-order valence-corrected chi connectivity index (χ2v) is 8.83. The van der Waals surface area contributed by atoms with Gasteiger partial charge in [-0.1, -0.05) is 37.5 Å². The van der Waals surface area contributed by atoms with Crippen molar-refractivity contribution in [3.05, 3.63) is 59.7 Å². The molecule has 1 aliphatic rings. The topological polar surface area (TPSA) is 66.5 Å². The Bertz CT molecular complexity index is 953. The molecule has 1 amide bonds. The van der Waals surface area contributed by atoms with Crippen LogP contribution in [0.5, 0.6) is 0 Å². The Kier molecular flexibility index (Phi) is 6.10. The number of halogens is 2. The van der Waals surface area contributed by atoms with Crippen molar-refractivity contribution < 1.29 is 22.0 Å². The standard InChI is InChI=1S/C20H22F2N2O3S/c1-24(14-8-3-2-4-9-14)28(26,27)18-13-6-5-12-17(18)23-20(25)19-15(21)10-7-11-16(19)22/h5-7,10-14H,2-4,8-9H2,1H3,(H,23,25). The zero-order chi connectivity index (χ0) is 20.3. The lowest BCUT2D eigenvalue weighted by Crippen LogP contribution is -2.38. The van der Waals surface area contributed by atoms with E-state index in [1.807, 2.05) is 0 Å². The highest BCUT2D eigenvalue weighted by Gasteiger charge is 2.31. The van der Waals surface area contributed by atoms with Gasteiger partial charge in [0.05, 0.1) is 5.69 Å². The van der Waals surface area contributed by atoms with Crippen molar-refractivity contribution in [2.24, 2.45) is 0 Å². The van der Waals surface area contributed by atoms with Gasteiger partial charge in [-0.3, -0.25) is 4.79 Å². The number of hydrogen-bond donors (Lipinski definition) is 1. The fourth-order valence-electron chi connectivity index (χ4n) is 3.49. The maximum Gasteiger partial charge on any atom is 0.261 e. The number of nitrogens with one attached hydrogen (secondary N) is 1. The summed E-state index contributed by atoms with van der Waals surface area (Å²) in [5.74, 6) is -3.08. The maximum absolute atomic E-state index is 13.9. The minimum Gasteiger partial charge on any atom is -0.321 e. The number of carbonyl (C=O) groups excluding carboxylic acids is 1. The molecule has 0 heterocycles. The van der Waals surface area contributed by atoms with E-state index in [1.165, 1.54) is 23.5 Å². The van der Waals surface area contributed by atoms with Gasteiger partial charge in [0.15, 0.2) is 0 Å². The molecule has 1 N–H and O–H groups in total. The van der Waals surface area contributed by atoms with Crippen LogP contribution in [0.4, 0.5) is 14.5 Å². The van der Waals surface area contributed by atoms with Crippen molar-refractivity contribution in [1.82, 2.24) is 4.31 Å². The van der Waals surface area contributed by atoms with E-state index in [4.69, 9.17) is 0 Å². The monoisotopic (exact) mass is 408 g/mol. The maximum atomic E-state index is 13.9. The Hall–Kier alpha value is -2.32. The van der Waals surface area contributed by atoms with Crippen molar-refractivity contribution >= 4 is 21.6 Å². The summed E-state index contributed by atoms with van der Waals surface area (Å²) in [6.45, 7) is 0. The Morgan fingerprint density at radius 1 is 1.00 bits per heavy atom. The van der Waals surface area contributed by atoms with E-state index < -0.39 is 33.1 Å². The van der Waals surface area contributed by atoms with Gasteiger partial charge in [-0.25, -0.2) is 17.2 Å². The van der Waals surface area contributed by atoms with Crippen LogP contribution in [0.25, 0.3) is 0 Å². The van der Waals surface area contributed by atoms with E-state index in [-0.39, 0.29) is 16.6 Å². The van der Waals surface area contributed by atoms with Crippen LogP contribution in [-0.2, 0) is 10.0 Å². The molecule has 3 rings (SSSR count). The number of carbonyl (C=O) groups is 1. The molecule has 1 saturated carbocycles. The number of nitrogens with zero attached hydrogens (tertiary/aromatic N) is 1. The molecule has 0 radical (unpaired) electrons. The SMILES string of the molecule is CN(C1CCCCC1)S(=O)(=O)c1ccccc1NC(=O)c1c(F)cccc1F. The second-order valence-electron chi connectivity index (χ2n) is 6.86. The molecule has 0 atom stereocenters. The van der Waals surface area contributed by atoms with Gasteiger partial charge in [0.2, 0.25) is 10.0 Å². The lowest BCUT2D eigenvalue weighted by atomic mass is 9.96. The summed E-state index contributed by atoms with van der Waals surface area (Å²) >= 11 is 0. The highest BCUT2D eigenvalue weighted by atomic mass is 32.2. The zero-order valence-corrected chi connectivity index (χ0v) is 16.3. The lowest BCUT2D eigenvalue weighted by Gasteiger charge is -2.30. The first kappa shape index (κ1) is 20.4. The average molecular weight is 408 g/mol. The molecule has 0 aromatic heterocycles. The van der Waals surface area contributed by atoms with Crippen molar-refractivity contribution in [2.45, 2.75) is 43.0 Å². The minimum atomic E-state index is -3.89. The normalized spacial score (nSPS) is 15.6. The molecule has 0 aliphatic heterocycles. The largest absolute Gasteiger partial charge is 0.321 e. The fraction of sp³-hybridized carbons (Fsp3) is 0.350. The Morgan fingerprint density at radius 3 is 2.25 bits per heavy atom. The van der Waals surface area contributed by atoms with Crippen LogP contribution in [0.3, 0.4) is 0 Å². The number of sulfonamides is 1. The van der Waals surface area contributed by atoms with Gasteiger partial charge >= 0.3 is 0 Å². The average Bonchev–Trinajstić information content (AvgIpc) is 2.68. The Morgan fingerprint density at radius 2 is 1.61 bits per heavy atom. The van der Waals surface area contributed by atoms with Crippen LogP contribution >= 0.6 is 0 Å². The van der Waals surface area contributed by atoms with E-state index in [9.17, 15) is 22.0 Å². The van der Waals surface area contributed by atoms with Gasteiger partial charge in [0.1, 0.15) is 22.1 Å². The van der Waals surface area contributed by atoms with Crippen LogP contribution in [0.1, 0.15) is 42.5 Å². The van der Waals surface area contributed by atoms with Crippen LogP contribution < -0.4 is 5.32 Å². The smallest absolute Gasteiger partial charge is 0.261 e. The number of rotatable bonds is 5. The van der Waals surface area contributed by atoms with Crippen molar-refractivity contribution in [1.29, 1.82) is 0 Å². The Balaban J connectivity index is 1.91. The van der Waals surface area contributed by atoms with E-state index in [0.29, 0.717) is 0 Å². The predicted octanol–water partition coefficient (Wildman–Crippen LogP) is 4.17. The van der Waals surface area contributed by atoms with Crippen molar-refractivity contribution in [3.8, 4) is 0 Å². The van der Waals surface area contributed by atoms with Crippen LogP contribution in [0.15, 0.2) is 47.4 Å². The summed E-state index contributed by atoms with van der Waals surface area (Å²) in [4.78, 5) is 12.3. The number of para-hydroxylation sites is 1. The number of amides is 1. The van der Waals surface area contributed by atoms with Gasteiger partial charge in [0.25, 0.3) is 5.91 Å².